The van der Waals surface area contributed by atoms with Crippen molar-refractivity contribution in [1.29, 1.82) is 0 Å². The van der Waals surface area contributed by atoms with Crippen molar-refractivity contribution in [2.75, 3.05) is 0 Å². The van der Waals surface area contributed by atoms with E-state index in [-0.39, 0.29) is 10.6 Å². The number of benzene rings is 5. The summed E-state index contributed by atoms with van der Waals surface area (Å²) in [6.07, 6.45) is 0. The molecule has 0 atom stereocenters. The first-order chi connectivity index (χ1) is 14.7. The van der Waals surface area contributed by atoms with Gasteiger partial charge >= 0.3 is 0 Å². The Morgan fingerprint density at radius 1 is 0.633 bits per heavy atom. The molecule has 142 valence electrons. The number of nitro benzene ring substituents is 1. The molecule has 0 bridgehead atoms. The van der Waals surface area contributed by atoms with Gasteiger partial charge in [0.15, 0.2) is 0 Å². The molecule has 30 heavy (non-hydrogen) atoms. The standard InChI is InChI=1S/C26H16N2O2/c29-28(30)22-11-5-4-10-20(22)19-15-16-24-26-21(19)14-13-17-7-6-12-23(25(17)26)27(24)18-8-2-1-3-9-18/h1-16H. The van der Waals surface area contributed by atoms with Crippen LogP contribution in [0.25, 0.3) is 49.4 Å². The maximum atomic E-state index is 11.7. The highest BCUT2D eigenvalue weighted by molar-refractivity contribution is 6.26. The smallest absolute Gasteiger partial charge is 0.277 e. The molecule has 0 aliphatic rings. The van der Waals surface area contributed by atoms with E-state index >= 15 is 0 Å². The molecule has 5 aromatic carbocycles. The predicted molar refractivity (Wildman–Crippen MR) is 122 cm³/mol. The first-order valence-electron chi connectivity index (χ1n) is 9.81. The zero-order valence-corrected chi connectivity index (χ0v) is 15.9. The summed E-state index contributed by atoms with van der Waals surface area (Å²) in [7, 11) is 0. The molecule has 0 N–H and O–H groups in total. The molecule has 1 aromatic heterocycles. The van der Waals surface area contributed by atoms with E-state index in [0.717, 1.165) is 33.1 Å². The van der Waals surface area contributed by atoms with Crippen LogP contribution in [0.5, 0.6) is 0 Å². The Bertz CT molecular complexity index is 1560. The summed E-state index contributed by atoms with van der Waals surface area (Å²) in [5.74, 6) is 0. The Kier molecular flexibility index (Phi) is 3.44. The van der Waals surface area contributed by atoms with Crippen LogP contribution < -0.4 is 0 Å². The Morgan fingerprint density at radius 3 is 2.23 bits per heavy atom. The van der Waals surface area contributed by atoms with Crippen molar-refractivity contribution in [1.82, 2.24) is 4.57 Å². The number of nitrogens with zero attached hydrogens (tertiary/aromatic N) is 2. The monoisotopic (exact) mass is 388 g/mol. The lowest BCUT2D eigenvalue weighted by Gasteiger charge is -2.10. The van der Waals surface area contributed by atoms with Crippen LogP contribution >= 0.6 is 0 Å². The number of aromatic nitrogens is 1. The molecule has 0 unspecified atom stereocenters. The summed E-state index contributed by atoms with van der Waals surface area (Å²) in [5, 5.41) is 16.2. The van der Waals surface area contributed by atoms with Crippen LogP contribution in [0.2, 0.25) is 0 Å². The fourth-order valence-corrected chi connectivity index (χ4v) is 4.64. The minimum Gasteiger partial charge on any atom is -0.309 e. The lowest BCUT2D eigenvalue weighted by Crippen LogP contribution is -1.94. The summed E-state index contributed by atoms with van der Waals surface area (Å²) >= 11 is 0. The van der Waals surface area contributed by atoms with Gasteiger partial charge in [0, 0.05) is 22.5 Å². The van der Waals surface area contributed by atoms with Gasteiger partial charge in [0.1, 0.15) is 0 Å². The third-order valence-corrected chi connectivity index (χ3v) is 5.86. The van der Waals surface area contributed by atoms with Gasteiger partial charge in [-0.15, -0.1) is 0 Å². The van der Waals surface area contributed by atoms with Crippen molar-refractivity contribution in [3.8, 4) is 16.8 Å². The highest BCUT2D eigenvalue weighted by Gasteiger charge is 2.21. The second-order valence-corrected chi connectivity index (χ2v) is 7.44. The van der Waals surface area contributed by atoms with E-state index in [1.165, 1.54) is 10.8 Å². The summed E-state index contributed by atoms with van der Waals surface area (Å²) in [6.45, 7) is 0. The summed E-state index contributed by atoms with van der Waals surface area (Å²) in [5.41, 5.74) is 4.99. The molecular formula is C26H16N2O2. The lowest BCUT2D eigenvalue weighted by molar-refractivity contribution is -0.384. The van der Waals surface area contributed by atoms with Gasteiger partial charge in [-0.3, -0.25) is 10.1 Å². The summed E-state index contributed by atoms with van der Waals surface area (Å²) < 4.78 is 2.27. The molecule has 0 aliphatic heterocycles. The van der Waals surface area contributed by atoms with E-state index in [0.29, 0.717) is 5.56 Å². The van der Waals surface area contributed by atoms with E-state index < -0.39 is 0 Å². The summed E-state index contributed by atoms with van der Waals surface area (Å²) in [4.78, 5) is 11.3. The quantitative estimate of drug-likeness (QED) is 0.187. The molecule has 0 radical (unpaired) electrons. The zero-order valence-electron chi connectivity index (χ0n) is 15.9. The van der Waals surface area contributed by atoms with Crippen LogP contribution in [-0.4, -0.2) is 9.49 Å². The zero-order chi connectivity index (χ0) is 20.2. The van der Waals surface area contributed by atoms with Gasteiger partial charge in [-0.05, 0) is 46.7 Å². The van der Waals surface area contributed by atoms with Crippen molar-refractivity contribution in [2.45, 2.75) is 0 Å². The summed E-state index contributed by atoms with van der Waals surface area (Å²) in [6, 6.07) is 31.9. The molecule has 0 fully saturated rings. The largest absolute Gasteiger partial charge is 0.309 e. The Labute approximate surface area is 172 Å². The highest BCUT2D eigenvalue weighted by Crippen LogP contribution is 2.43. The molecule has 6 rings (SSSR count). The number of hydrogen-bond acceptors (Lipinski definition) is 2. The van der Waals surface area contributed by atoms with Gasteiger partial charge in [0.2, 0.25) is 0 Å². The van der Waals surface area contributed by atoms with Gasteiger partial charge in [-0.2, -0.15) is 0 Å². The first kappa shape index (κ1) is 16.7. The average molecular weight is 388 g/mol. The molecule has 4 nitrogen and oxygen atoms in total. The Hall–Kier alpha value is -4.18. The molecule has 1 heterocycles. The number of hydrogen-bond donors (Lipinski definition) is 0. The highest BCUT2D eigenvalue weighted by atomic mass is 16.6. The van der Waals surface area contributed by atoms with Crippen molar-refractivity contribution < 1.29 is 4.92 Å². The molecule has 0 spiro atoms. The molecule has 0 saturated heterocycles. The van der Waals surface area contributed by atoms with Crippen LogP contribution in [-0.2, 0) is 0 Å². The minimum absolute atomic E-state index is 0.124. The topological polar surface area (TPSA) is 48.1 Å². The fourth-order valence-electron chi connectivity index (χ4n) is 4.64. The predicted octanol–water partition coefficient (Wildman–Crippen LogP) is 6.95. The first-order valence-corrected chi connectivity index (χ1v) is 9.81. The molecular weight excluding hydrogens is 372 g/mol. The molecule has 0 aliphatic carbocycles. The SMILES string of the molecule is O=[N+]([O-])c1ccccc1-c1ccc2c3c1ccc1cccc(c13)n2-c1ccccc1. The van der Waals surface area contributed by atoms with E-state index in [1.54, 1.807) is 12.1 Å². The second-order valence-electron chi connectivity index (χ2n) is 7.44. The van der Waals surface area contributed by atoms with E-state index in [2.05, 4.69) is 53.1 Å². The van der Waals surface area contributed by atoms with Gasteiger partial charge in [-0.25, -0.2) is 0 Å². The van der Waals surface area contributed by atoms with Crippen LogP contribution in [0, 0.1) is 10.1 Å². The van der Waals surface area contributed by atoms with Gasteiger partial charge in [0.05, 0.1) is 21.5 Å². The third kappa shape index (κ3) is 2.22. The van der Waals surface area contributed by atoms with Crippen LogP contribution in [0.1, 0.15) is 0 Å². The molecule has 0 saturated carbocycles. The van der Waals surface area contributed by atoms with Crippen molar-refractivity contribution in [3.05, 3.63) is 107 Å². The average Bonchev–Trinajstić information content (AvgIpc) is 3.14. The number of para-hydroxylation sites is 2. The third-order valence-electron chi connectivity index (χ3n) is 5.86. The van der Waals surface area contributed by atoms with Crippen LogP contribution in [0.3, 0.4) is 0 Å². The maximum Gasteiger partial charge on any atom is 0.277 e. The lowest BCUT2D eigenvalue weighted by atomic mass is 9.94. The van der Waals surface area contributed by atoms with E-state index in [4.69, 9.17) is 0 Å². The minimum atomic E-state index is -0.308. The van der Waals surface area contributed by atoms with E-state index in [1.807, 2.05) is 36.4 Å². The van der Waals surface area contributed by atoms with Gasteiger partial charge in [-0.1, -0.05) is 60.7 Å². The normalized spacial score (nSPS) is 11.6. The fraction of sp³-hybridized carbons (Fsp3) is 0. The van der Waals surface area contributed by atoms with Crippen molar-refractivity contribution >= 4 is 38.3 Å². The molecule has 4 heteroatoms. The van der Waals surface area contributed by atoms with Crippen molar-refractivity contribution in [2.24, 2.45) is 0 Å². The Morgan fingerprint density at radius 2 is 1.40 bits per heavy atom. The molecule has 0 amide bonds. The van der Waals surface area contributed by atoms with Crippen LogP contribution in [0.4, 0.5) is 5.69 Å². The maximum absolute atomic E-state index is 11.7. The number of nitro groups is 1. The van der Waals surface area contributed by atoms with Gasteiger partial charge < -0.3 is 4.57 Å². The van der Waals surface area contributed by atoms with E-state index in [9.17, 15) is 10.1 Å². The van der Waals surface area contributed by atoms with Crippen LogP contribution in [0.15, 0.2) is 97.1 Å². The van der Waals surface area contributed by atoms with Crippen molar-refractivity contribution in [3.63, 3.8) is 0 Å². The number of rotatable bonds is 3. The second kappa shape index (κ2) is 6.16. The Balaban J connectivity index is 1.79. The van der Waals surface area contributed by atoms with Gasteiger partial charge in [0.25, 0.3) is 5.69 Å². The molecule has 6 aromatic rings.